The number of fused-ring (bicyclic) bond motifs is 1. The molecule has 0 unspecified atom stereocenters. The van der Waals surface area contributed by atoms with E-state index in [2.05, 4.69) is 5.32 Å². The second-order valence-corrected chi connectivity index (χ2v) is 5.08. The molecular formula is C17H12F2N2O2. The Kier molecular flexibility index (Phi) is 3.65. The normalized spacial score (nSPS) is 10.7. The number of anilines is 1. The predicted octanol–water partition coefficient (Wildman–Crippen LogP) is 3.07. The molecule has 0 aliphatic heterocycles. The summed E-state index contributed by atoms with van der Waals surface area (Å²) >= 11 is 0. The van der Waals surface area contributed by atoms with Gasteiger partial charge in [-0.3, -0.25) is 9.59 Å². The molecule has 0 saturated carbocycles. The predicted molar refractivity (Wildman–Crippen MR) is 83.5 cm³/mol. The van der Waals surface area contributed by atoms with Gasteiger partial charge in [0.15, 0.2) is 0 Å². The third-order valence-corrected chi connectivity index (χ3v) is 3.52. The lowest BCUT2D eigenvalue weighted by atomic mass is 10.1. The van der Waals surface area contributed by atoms with Crippen LogP contribution in [0.3, 0.4) is 0 Å². The van der Waals surface area contributed by atoms with E-state index in [-0.39, 0.29) is 16.6 Å². The largest absolute Gasteiger partial charge is 0.350 e. The lowest BCUT2D eigenvalue weighted by Gasteiger charge is -2.10. The lowest BCUT2D eigenvalue weighted by Crippen LogP contribution is -2.23. The van der Waals surface area contributed by atoms with Crippen LogP contribution in [0.25, 0.3) is 10.9 Å². The molecule has 6 heteroatoms. The Morgan fingerprint density at radius 1 is 1.13 bits per heavy atom. The third kappa shape index (κ3) is 2.70. The van der Waals surface area contributed by atoms with E-state index in [1.54, 1.807) is 17.7 Å². The quantitative estimate of drug-likeness (QED) is 0.790. The molecule has 1 N–H and O–H groups in total. The van der Waals surface area contributed by atoms with Gasteiger partial charge in [-0.05, 0) is 30.3 Å². The van der Waals surface area contributed by atoms with E-state index >= 15 is 0 Å². The van der Waals surface area contributed by atoms with E-state index in [1.165, 1.54) is 36.5 Å². The van der Waals surface area contributed by atoms with Crippen molar-refractivity contribution in [1.82, 2.24) is 4.57 Å². The molecule has 3 aromatic rings. The molecule has 3 rings (SSSR count). The van der Waals surface area contributed by atoms with Crippen LogP contribution in [0.5, 0.6) is 0 Å². The number of benzene rings is 2. The van der Waals surface area contributed by atoms with Crippen LogP contribution in [0.2, 0.25) is 0 Å². The summed E-state index contributed by atoms with van der Waals surface area (Å²) in [5.41, 5.74) is -0.321. The minimum Gasteiger partial charge on any atom is -0.350 e. The number of halogens is 2. The Balaban J connectivity index is 2.09. The van der Waals surface area contributed by atoms with Crippen molar-refractivity contribution in [2.75, 3.05) is 5.32 Å². The fourth-order valence-corrected chi connectivity index (χ4v) is 2.38. The SMILES string of the molecule is Cn1cc(C(=O)Nc2ccccc2F)c(=O)c2cc(F)ccc21. The number of nitrogens with one attached hydrogen (secondary N) is 1. The summed E-state index contributed by atoms with van der Waals surface area (Å²) in [5.74, 6) is -1.92. The zero-order chi connectivity index (χ0) is 16.6. The minimum absolute atomic E-state index is 0.0288. The van der Waals surface area contributed by atoms with Crippen LogP contribution in [0, 0.1) is 11.6 Å². The highest BCUT2D eigenvalue weighted by Crippen LogP contribution is 2.16. The van der Waals surface area contributed by atoms with Gasteiger partial charge in [0.2, 0.25) is 5.43 Å². The van der Waals surface area contributed by atoms with Crippen molar-refractivity contribution in [3.63, 3.8) is 0 Å². The van der Waals surface area contributed by atoms with Crippen molar-refractivity contribution in [1.29, 1.82) is 0 Å². The van der Waals surface area contributed by atoms with Gasteiger partial charge in [-0.1, -0.05) is 12.1 Å². The fraction of sp³-hybridized carbons (Fsp3) is 0.0588. The molecule has 1 amide bonds. The van der Waals surface area contributed by atoms with Gasteiger partial charge >= 0.3 is 0 Å². The van der Waals surface area contributed by atoms with Gasteiger partial charge in [0.05, 0.1) is 11.2 Å². The van der Waals surface area contributed by atoms with Gasteiger partial charge in [0.25, 0.3) is 5.91 Å². The molecule has 1 heterocycles. The molecule has 2 aromatic carbocycles. The summed E-state index contributed by atoms with van der Waals surface area (Å²) in [4.78, 5) is 24.7. The van der Waals surface area contributed by atoms with Crippen LogP contribution in [0.4, 0.5) is 14.5 Å². The summed E-state index contributed by atoms with van der Waals surface area (Å²) in [6.45, 7) is 0. The molecule has 0 aliphatic rings. The van der Waals surface area contributed by atoms with Crippen LogP contribution >= 0.6 is 0 Å². The van der Waals surface area contributed by atoms with E-state index in [9.17, 15) is 18.4 Å². The molecule has 0 saturated heterocycles. The number of pyridine rings is 1. The molecule has 0 aliphatic carbocycles. The van der Waals surface area contributed by atoms with E-state index < -0.39 is 23.0 Å². The first-order chi connectivity index (χ1) is 11.0. The highest BCUT2D eigenvalue weighted by molar-refractivity contribution is 6.05. The Morgan fingerprint density at radius 2 is 1.87 bits per heavy atom. The van der Waals surface area contributed by atoms with Crippen molar-refractivity contribution >= 4 is 22.5 Å². The Morgan fingerprint density at radius 3 is 2.61 bits per heavy atom. The maximum atomic E-state index is 13.6. The standard InChI is InChI=1S/C17H12F2N2O2/c1-21-9-12(16(22)11-8-10(18)6-7-15(11)21)17(23)20-14-5-3-2-4-13(14)19/h2-9H,1H3,(H,20,23). The maximum Gasteiger partial charge on any atom is 0.261 e. The minimum atomic E-state index is -0.748. The molecule has 0 spiro atoms. The van der Waals surface area contributed by atoms with Gasteiger partial charge in [0.1, 0.15) is 17.2 Å². The average molecular weight is 314 g/mol. The van der Waals surface area contributed by atoms with Crippen LogP contribution in [0.1, 0.15) is 10.4 Å². The van der Waals surface area contributed by atoms with Gasteiger partial charge in [-0.25, -0.2) is 8.78 Å². The molecule has 0 atom stereocenters. The van der Waals surface area contributed by atoms with E-state index in [1.807, 2.05) is 0 Å². The van der Waals surface area contributed by atoms with Gasteiger partial charge < -0.3 is 9.88 Å². The summed E-state index contributed by atoms with van der Waals surface area (Å²) in [6.07, 6.45) is 1.35. The van der Waals surface area contributed by atoms with Gasteiger partial charge in [-0.15, -0.1) is 0 Å². The van der Waals surface area contributed by atoms with Crippen LogP contribution in [-0.2, 0) is 7.05 Å². The second-order valence-electron chi connectivity index (χ2n) is 5.08. The van der Waals surface area contributed by atoms with E-state index in [0.717, 1.165) is 6.07 Å². The first-order valence-electron chi connectivity index (χ1n) is 6.82. The Labute approximate surface area is 130 Å². The number of para-hydroxylation sites is 1. The van der Waals surface area contributed by atoms with Gasteiger partial charge in [0, 0.05) is 18.6 Å². The average Bonchev–Trinajstić information content (AvgIpc) is 2.53. The van der Waals surface area contributed by atoms with E-state index in [4.69, 9.17) is 0 Å². The number of amides is 1. The number of hydrogen-bond donors (Lipinski definition) is 1. The van der Waals surface area contributed by atoms with E-state index in [0.29, 0.717) is 5.52 Å². The molecule has 4 nitrogen and oxygen atoms in total. The highest BCUT2D eigenvalue weighted by atomic mass is 19.1. The maximum absolute atomic E-state index is 13.6. The summed E-state index contributed by atoms with van der Waals surface area (Å²) < 4.78 is 28.5. The Bertz CT molecular complexity index is 980. The Hall–Kier alpha value is -3.02. The van der Waals surface area contributed by atoms with Crippen molar-refractivity contribution in [2.45, 2.75) is 0 Å². The highest BCUT2D eigenvalue weighted by Gasteiger charge is 2.16. The molecule has 0 fully saturated rings. The van der Waals surface area contributed by atoms with Crippen molar-refractivity contribution in [2.24, 2.45) is 7.05 Å². The van der Waals surface area contributed by atoms with Crippen LogP contribution in [-0.4, -0.2) is 10.5 Å². The summed E-state index contributed by atoms with van der Waals surface area (Å²) in [5, 5.41) is 2.44. The van der Waals surface area contributed by atoms with Crippen LogP contribution < -0.4 is 10.7 Å². The van der Waals surface area contributed by atoms with Crippen molar-refractivity contribution in [3.05, 3.63) is 76.1 Å². The summed E-state index contributed by atoms with van der Waals surface area (Å²) in [7, 11) is 1.64. The number of hydrogen-bond acceptors (Lipinski definition) is 2. The zero-order valence-corrected chi connectivity index (χ0v) is 12.1. The van der Waals surface area contributed by atoms with Crippen molar-refractivity contribution < 1.29 is 13.6 Å². The smallest absolute Gasteiger partial charge is 0.261 e. The number of nitrogens with zero attached hydrogens (tertiary/aromatic N) is 1. The third-order valence-electron chi connectivity index (χ3n) is 3.52. The second kappa shape index (κ2) is 5.64. The first kappa shape index (κ1) is 14.9. The number of rotatable bonds is 2. The number of aromatic nitrogens is 1. The van der Waals surface area contributed by atoms with Crippen LogP contribution in [0.15, 0.2) is 53.5 Å². The molecule has 23 heavy (non-hydrogen) atoms. The molecule has 0 bridgehead atoms. The first-order valence-corrected chi connectivity index (χ1v) is 6.82. The van der Waals surface area contributed by atoms with Gasteiger partial charge in [-0.2, -0.15) is 0 Å². The monoisotopic (exact) mass is 314 g/mol. The lowest BCUT2D eigenvalue weighted by molar-refractivity contribution is 0.102. The molecular weight excluding hydrogens is 302 g/mol. The number of aryl methyl sites for hydroxylation is 1. The summed E-state index contributed by atoms with van der Waals surface area (Å²) in [6, 6.07) is 9.42. The topological polar surface area (TPSA) is 51.1 Å². The fourth-order valence-electron chi connectivity index (χ4n) is 2.38. The molecule has 1 aromatic heterocycles. The number of carbonyl (C=O) groups is 1. The van der Waals surface area contributed by atoms with Crippen molar-refractivity contribution in [3.8, 4) is 0 Å². The number of carbonyl (C=O) groups excluding carboxylic acids is 1. The molecule has 116 valence electrons. The zero-order valence-electron chi connectivity index (χ0n) is 12.1. The molecule has 0 radical (unpaired) electrons.